The average molecular weight is 264 g/mol. The van der Waals surface area contributed by atoms with Crippen molar-refractivity contribution in [1.82, 2.24) is 5.43 Å². The highest BCUT2D eigenvalue weighted by Crippen LogP contribution is 2.35. The fourth-order valence-electron chi connectivity index (χ4n) is 3.51. The Bertz CT molecular complexity index is 394. The maximum Gasteiger partial charge on any atom is 0.126 e. The number of nitrogens with two attached hydrogens (primary N) is 1. The van der Waals surface area contributed by atoms with Crippen LogP contribution < -0.4 is 11.3 Å². The van der Waals surface area contributed by atoms with Gasteiger partial charge in [0, 0.05) is 6.04 Å². The van der Waals surface area contributed by atoms with Crippen molar-refractivity contribution in [3.05, 3.63) is 35.6 Å². The van der Waals surface area contributed by atoms with Crippen molar-refractivity contribution >= 4 is 0 Å². The molecule has 0 spiro atoms. The first-order valence-corrected chi connectivity index (χ1v) is 7.45. The summed E-state index contributed by atoms with van der Waals surface area (Å²) in [6.45, 7) is 2.25. The first-order chi connectivity index (χ1) is 9.26. The van der Waals surface area contributed by atoms with Gasteiger partial charge >= 0.3 is 0 Å². The van der Waals surface area contributed by atoms with Crippen molar-refractivity contribution in [2.24, 2.45) is 17.7 Å². The van der Waals surface area contributed by atoms with Gasteiger partial charge in [0.15, 0.2) is 0 Å². The lowest BCUT2D eigenvalue weighted by Gasteiger charge is -2.36. The van der Waals surface area contributed by atoms with Crippen LogP contribution in [0, 0.1) is 17.7 Å². The monoisotopic (exact) mass is 264 g/mol. The molecule has 1 aliphatic carbocycles. The highest BCUT2D eigenvalue weighted by molar-refractivity contribution is 5.18. The lowest BCUT2D eigenvalue weighted by atomic mass is 9.73. The summed E-state index contributed by atoms with van der Waals surface area (Å²) in [4.78, 5) is 0. The van der Waals surface area contributed by atoms with Gasteiger partial charge < -0.3 is 0 Å². The molecular weight excluding hydrogens is 239 g/mol. The molecule has 106 valence electrons. The van der Waals surface area contributed by atoms with E-state index in [0.29, 0.717) is 12.3 Å². The third-order valence-electron chi connectivity index (χ3n) is 4.62. The van der Waals surface area contributed by atoms with E-state index < -0.39 is 0 Å². The quantitative estimate of drug-likeness (QED) is 0.632. The Morgan fingerprint density at radius 2 is 2.05 bits per heavy atom. The van der Waals surface area contributed by atoms with Crippen molar-refractivity contribution in [3.8, 4) is 0 Å². The van der Waals surface area contributed by atoms with Crippen molar-refractivity contribution < 1.29 is 4.39 Å². The van der Waals surface area contributed by atoms with Crippen LogP contribution in [0.15, 0.2) is 24.3 Å². The SMILES string of the molecule is CCC1CCCCC1C(Cc1ccccc1F)NN. The van der Waals surface area contributed by atoms with E-state index in [-0.39, 0.29) is 11.9 Å². The molecule has 1 aromatic carbocycles. The minimum absolute atomic E-state index is 0.119. The molecule has 19 heavy (non-hydrogen) atoms. The molecule has 0 amide bonds. The lowest BCUT2D eigenvalue weighted by Crippen LogP contribution is -2.46. The summed E-state index contributed by atoms with van der Waals surface area (Å²) < 4.78 is 13.8. The molecule has 2 rings (SSSR count). The second-order valence-corrected chi connectivity index (χ2v) is 5.69. The number of hydrogen-bond donors (Lipinski definition) is 2. The molecule has 3 atom stereocenters. The summed E-state index contributed by atoms with van der Waals surface area (Å²) in [5, 5.41) is 0. The maximum atomic E-state index is 13.8. The van der Waals surface area contributed by atoms with Gasteiger partial charge in [0.05, 0.1) is 0 Å². The Balaban J connectivity index is 2.08. The van der Waals surface area contributed by atoms with Crippen molar-refractivity contribution in [2.75, 3.05) is 0 Å². The summed E-state index contributed by atoms with van der Waals surface area (Å²) in [7, 11) is 0. The summed E-state index contributed by atoms with van der Waals surface area (Å²) in [5.41, 5.74) is 3.71. The second kappa shape index (κ2) is 7.01. The maximum absolute atomic E-state index is 13.8. The number of hydrogen-bond acceptors (Lipinski definition) is 2. The highest BCUT2D eigenvalue weighted by Gasteiger charge is 2.30. The zero-order valence-electron chi connectivity index (χ0n) is 11.7. The van der Waals surface area contributed by atoms with E-state index in [1.54, 1.807) is 6.07 Å². The Morgan fingerprint density at radius 1 is 1.32 bits per heavy atom. The molecule has 3 heteroatoms. The minimum atomic E-state index is -0.119. The van der Waals surface area contributed by atoms with Gasteiger partial charge in [-0.05, 0) is 36.3 Å². The van der Waals surface area contributed by atoms with E-state index in [2.05, 4.69) is 12.3 Å². The van der Waals surface area contributed by atoms with Crippen LogP contribution in [-0.2, 0) is 6.42 Å². The summed E-state index contributed by atoms with van der Waals surface area (Å²) in [5.74, 6) is 6.92. The molecule has 2 nitrogen and oxygen atoms in total. The molecule has 3 N–H and O–H groups in total. The molecule has 0 bridgehead atoms. The summed E-state index contributed by atoms with van der Waals surface area (Å²) in [6.07, 6.45) is 6.98. The lowest BCUT2D eigenvalue weighted by molar-refractivity contribution is 0.174. The molecule has 1 aliphatic rings. The van der Waals surface area contributed by atoms with Gasteiger partial charge in [-0.1, -0.05) is 50.8 Å². The zero-order valence-corrected chi connectivity index (χ0v) is 11.7. The number of rotatable bonds is 5. The topological polar surface area (TPSA) is 38.0 Å². The largest absolute Gasteiger partial charge is 0.271 e. The van der Waals surface area contributed by atoms with E-state index in [4.69, 9.17) is 5.84 Å². The number of nitrogens with one attached hydrogen (secondary N) is 1. The molecule has 0 aromatic heterocycles. The van der Waals surface area contributed by atoms with Crippen LogP contribution >= 0.6 is 0 Å². The van der Waals surface area contributed by atoms with Crippen LogP contribution in [0.5, 0.6) is 0 Å². The van der Waals surface area contributed by atoms with Crippen LogP contribution in [0.25, 0.3) is 0 Å². The van der Waals surface area contributed by atoms with E-state index in [0.717, 1.165) is 11.5 Å². The average Bonchev–Trinajstić information content (AvgIpc) is 2.46. The van der Waals surface area contributed by atoms with Gasteiger partial charge in [0.25, 0.3) is 0 Å². The van der Waals surface area contributed by atoms with E-state index >= 15 is 0 Å². The molecule has 1 aromatic rings. The number of halogens is 1. The van der Waals surface area contributed by atoms with Gasteiger partial charge in [-0.15, -0.1) is 0 Å². The van der Waals surface area contributed by atoms with E-state index in [9.17, 15) is 4.39 Å². The van der Waals surface area contributed by atoms with Crippen LogP contribution in [0.4, 0.5) is 4.39 Å². The highest BCUT2D eigenvalue weighted by atomic mass is 19.1. The second-order valence-electron chi connectivity index (χ2n) is 5.69. The normalized spacial score (nSPS) is 25.2. The van der Waals surface area contributed by atoms with Gasteiger partial charge in [-0.3, -0.25) is 11.3 Å². The molecule has 0 aliphatic heterocycles. The fraction of sp³-hybridized carbons (Fsp3) is 0.625. The molecule has 0 saturated heterocycles. The van der Waals surface area contributed by atoms with Crippen LogP contribution in [0.2, 0.25) is 0 Å². The third-order valence-corrected chi connectivity index (χ3v) is 4.62. The smallest absolute Gasteiger partial charge is 0.126 e. The van der Waals surface area contributed by atoms with Crippen LogP contribution in [-0.4, -0.2) is 6.04 Å². The summed E-state index contributed by atoms with van der Waals surface area (Å²) >= 11 is 0. The zero-order chi connectivity index (χ0) is 13.7. The Kier molecular flexibility index (Phi) is 5.34. The Labute approximate surface area is 115 Å². The first-order valence-electron chi connectivity index (χ1n) is 7.45. The Morgan fingerprint density at radius 3 is 2.74 bits per heavy atom. The molecule has 1 saturated carbocycles. The van der Waals surface area contributed by atoms with Gasteiger partial charge in [-0.25, -0.2) is 4.39 Å². The van der Waals surface area contributed by atoms with E-state index in [1.165, 1.54) is 38.2 Å². The van der Waals surface area contributed by atoms with Crippen molar-refractivity contribution in [1.29, 1.82) is 0 Å². The first kappa shape index (κ1) is 14.5. The molecular formula is C16H25FN2. The number of hydrazine groups is 1. The summed E-state index contributed by atoms with van der Waals surface area (Å²) in [6, 6.07) is 7.20. The Hall–Kier alpha value is -0.930. The number of benzene rings is 1. The van der Waals surface area contributed by atoms with Crippen LogP contribution in [0.1, 0.15) is 44.6 Å². The fourth-order valence-corrected chi connectivity index (χ4v) is 3.51. The molecule has 3 unspecified atom stereocenters. The standard InChI is InChI=1S/C16H25FN2/c1-2-12-7-3-5-9-14(12)16(19-18)11-13-8-4-6-10-15(13)17/h4,6,8,10,12,14,16,19H,2-3,5,7,9,11,18H2,1H3. The van der Waals surface area contributed by atoms with Crippen molar-refractivity contribution in [2.45, 2.75) is 51.5 Å². The van der Waals surface area contributed by atoms with Crippen molar-refractivity contribution in [3.63, 3.8) is 0 Å². The predicted octanol–water partition coefficient (Wildman–Crippen LogP) is 3.42. The van der Waals surface area contributed by atoms with Gasteiger partial charge in [0.2, 0.25) is 0 Å². The predicted molar refractivity (Wildman–Crippen MR) is 77.0 cm³/mol. The van der Waals surface area contributed by atoms with Gasteiger partial charge in [0.1, 0.15) is 5.82 Å². The van der Waals surface area contributed by atoms with E-state index in [1.807, 2.05) is 12.1 Å². The van der Waals surface area contributed by atoms with Gasteiger partial charge in [-0.2, -0.15) is 0 Å². The van der Waals surface area contributed by atoms with Crippen LogP contribution in [0.3, 0.4) is 0 Å². The molecule has 1 fully saturated rings. The molecule has 0 heterocycles. The minimum Gasteiger partial charge on any atom is -0.271 e. The molecule has 0 radical (unpaired) electrons. The third kappa shape index (κ3) is 3.54.